The van der Waals surface area contributed by atoms with E-state index in [0.29, 0.717) is 0 Å². The Morgan fingerprint density at radius 1 is 1.44 bits per heavy atom. The van der Waals surface area contributed by atoms with E-state index in [-0.39, 0.29) is 11.8 Å². The number of primary amides is 1. The molecule has 1 fully saturated rings. The van der Waals surface area contributed by atoms with Gasteiger partial charge >= 0.3 is 0 Å². The SMILES string of the molecule is COc1ccc(CN2CCCC(C(N)=O)C2)cc1. The highest BCUT2D eigenvalue weighted by Gasteiger charge is 2.23. The van der Waals surface area contributed by atoms with Gasteiger partial charge in [-0.05, 0) is 37.1 Å². The monoisotopic (exact) mass is 248 g/mol. The van der Waals surface area contributed by atoms with Crippen molar-refractivity contribution in [2.24, 2.45) is 11.7 Å². The molecule has 1 aromatic carbocycles. The Kier molecular flexibility index (Phi) is 4.20. The standard InChI is InChI=1S/C14H20N2O2/c1-18-13-6-4-11(5-7-13)9-16-8-2-3-12(10-16)14(15)17/h4-7,12H,2-3,8-10H2,1H3,(H2,15,17). The summed E-state index contributed by atoms with van der Waals surface area (Å²) in [5, 5.41) is 0. The van der Waals surface area contributed by atoms with Gasteiger partial charge in [-0.1, -0.05) is 12.1 Å². The largest absolute Gasteiger partial charge is 0.497 e. The first kappa shape index (κ1) is 12.9. The Hall–Kier alpha value is -1.55. The number of benzene rings is 1. The molecule has 1 unspecified atom stereocenters. The Labute approximate surface area is 108 Å². The lowest BCUT2D eigenvalue weighted by atomic mass is 9.97. The van der Waals surface area contributed by atoms with Crippen LogP contribution in [0.1, 0.15) is 18.4 Å². The van der Waals surface area contributed by atoms with Gasteiger partial charge in [0.25, 0.3) is 0 Å². The molecule has 98 valence electrons. The summed E-state index contributed by atoms with van der Waals surface area (Å²) in [5.74, 6) is 0.707. The van der Waals surface area contributed by atoms with Gasteiger partial charge in [0.1, 0.15) is 5.75 Å². The number of carbonyl (C=O) groups excluding carboxylic acids is 1. The zero-order valence-corrected chi connectivity index (χ0v) is 10.8. The second kappa shape index (κ2) is 5.87. The molecule has 1 heterocycles. The van der Waals surface area contributed by atoms with Gasteiger partial charge in [0, 0.05) is 13.1 Å². The van der Waals surface area contributed by atoms with Gasteiger partial charge in [-0.15, -0.1) is 0 Å². The van der Waals surface area contributed by atoms with Crippen molar-refractivity contribution in [2.75, 3.05) is 20.2 Å². The number of hydrogen-bond acceptors (Lipinski definition) is 3. The molecular weight excluding hydrogens is 228 g/mol. The van der Waals surface area contributed by atoms with Crippen molar-refractivity contribution in [1.82, 2.24) is 4.90 Å². The second-order valence-electron chi connectivity index (χ2n) is 4.82. The van der Waals surface area contributed by atoms with Gasteiger partial charge < -0.3 is 10.5 Å². The van der Waals surface area contributed by atoms with Crippen LogP contribution in [0.25, 0.3) is 0 Å². The number of nitrogens with zero attached hydrogens (tertiary/aromatic N) is 1. The Balaban J connectivity index is 1.93. The minimum atomic E-state index is -0.172. The smallest absolute Gasteiger partial charge is 0.221 e. The molecule has 2 N–H and O–H groups in total. The van der Waals surface area contributed by atoms with E-state index < -0.39 is 0 Å². The van der Waals surface area contributed by atoms with Crippen LogP contribution in [-0.4, -0.2) is 31.0 Å². The highest BCUT2D eigenvalue weighted by molar-refractivity contribution is 5.76. The molecule has 1 atom stereocenters. The fourth-order valence-electron chi connectivity index (χ4n) is 2.42. The summed E-state index contributed by atoms with van der Waals surface area (Å²) in [4.78, 5) is 13.5. The van der Waals surface area contributed by atoms with Crippen molar-refractivity contribution >= 4 is 5.91 Å². The average Bonchev–Trinajstić information content (AvgIpc) is 2.40. The molecule has 1 amide bonds. The molecule has 1 aromatic rings. The first-order valence-corrected chi connectivity index (χ1v) is 6.33. The quantitative estimate of drug-likeness (QED) is 0.876. The van der Waals surface area contributed by atoms with Crippen molar-refractivity contribution in [3.05, 3.63) is 29.8 Å². The lowest BCUT2D eigenvalue weighted by molar-refractivity contribution is -0.123. The van der Waals surface area contributed by atoms with Crippen molar-refractivity contribution in [1.29, 1.82) is 0 Å². The van der Waals surface area contributed by atoms with Gasteiger partial charge in [-0.2, -0.15) is 0 Å². The number of likely N-dealkylation sites (tertiary alicyclic amines) is 1. The van der Waals surface area contributed by atoms with Crippen LogP contribution < -0.4 is 10.5 Å². The van der Waals surface area contributed by atoms with Crippen LogP contribution >= 0.6 is 0 Å². The molecule has 0 spiro atoms. The normalized spacial score (nSPS) is 20.6. The maximum atomic E-state index is 11.2. The highest BCUT2D eigenvalue weighted by atomic mass is 16.5. The first-order valence-electron chi connectivity index (χ1n) is 6.33. The van der Waals surface area contributed by atoms with E-state index in [1.807, 2.05) is 12.1 Å². The number of amides is 1. The number of rotatable bonds is 4. The lowest BCUT2D eigenvalue weighted by Crippen LogP contribution is -2.40. The zero-order valence-electron chi connectivity index (χ0n) is 10.8. The number of methoxy groups -OCH3 is 1. The highest BCUT2D eigenvalue weighted by Crippen LogP contribution is 2.19. The predicted octanol–water partition coefficient (Wildman–Crippen LogP) is 1.39. The van der Waals surface area contributed by atoms with Gasteiger partial charge in [0.05, 0.1) is 13.0 Å². The van der Waals surface area contributed by atoms with Gasteiger partial charge in [0.2, 0.25) is 5.91 Å². The molecule has 1 aliphatic rings. The van der Waals surface area contributed by atoms with Crippen molar-refractivity contribution in [2.45, 2.75) is 19.4 Å². The molecule has 2 rings (SSSR count). The van der Waals surface area contributed by atoms with Crippen LogP contribution in [0.4, 0.5) is 0 Å². The molecule has 0 saturated carbocycles. The molecule has 4 nitrogen and oxygen atoms in total. The number of hydrogen-bond donors (Lipinski definition) is 1. The van der Waals surface area contributed by atoms with Gasteiger partial charge in [-0.25, -0.2) is 0 Å². The number of ether oxygens (including phenoxy) is 1. The summed E-state index contributed by atoms with van der Waals surface area (Å²) in [6, 6.07) is 8.05. The number of piperidine rings is 1. The molecular formula is C14H20N2O2. The molecule has 4 heteroatoms. The van der Waals surface area contributed by atoms with Crippen LogP contribution in [0.2, 0.25) is 0 Å². The van der Waals surface area contributed by atoms with Crippen LogP contribution in [0.15, 0.2) is 24.3 Å². The minimum Gasteiger partial charge on any atom is -0.497 e. The Morgan fingerprint density at radius 2 is 2.17 bits per heavy atom. The number of nitrogens with two attached hydrogens (primary N) is 1. The minimum absolute atomic E-state index is 0.0111. The van der Waals surface area contributed by atoms with Crippen LogP contribution in [0.3, 0.4) is 0 Å². The van der Waals surface area contributed by atoms with Crippen LogP contribution in [0.5, 0.6) is 5.75 Å². The summed E-state index contributed by atoms with van der Waals surface area (Å²) in [6.45, 7) is 2.69. The summed E-state index contributed by atoms with van der Waals surface area (Å²) in [6.07, 6.45) is 1.97. The maximum Gasteiger partial charge on any atom is 0.221 e. The van der Waals surface area contributed by atoms with E-state index in [1.54, 1.807) is 7.11 Å². The molecule has 0 radical (unpaired) electrons. The summed E-state index contributed by atoms with van der Waals surface area (Å²) < 4.78 is 5.13. The second-order valence-corrected chi connectivity index (χ2v) is 4.82. The summed E-state index contributed by atoms with van der Waals surface area (Å²) in [7, 11) is 1.66. The Morgan fingerprint density at radius 3 is 2.78 bits per heavy atom. The summed E-state index contributed by atoms with van der Waals surface area (Å²) >= 11 is 0. The van der Waals surface area contributed by atoms with Crippen molar-refractivity contribution in [3.63, 3.8) is 0 Å². The van der Waals surface area contributed by atoms with Crippen LogP contribution in [-0.2, 0) is 11.3 Å². The van der Waals surface area contributed by atoms with Crippen LogP contribution in [0, 0.1) is 5.92 Å². The van der Waals surface area contributed by atoms with Gasteiger partial charge in [-0.3, -0.25) is 9.69 Å². The molecule has 0 aliphatic carbocycles. The lowest BCUT2D eigenvalue weighted by Gasteiger charge is -2.31. The molecule has 1 saturated heterocycles. The summed E-state index contributed by atoms with van der Waals surface area (Å²) in [5.41, 5.74) is 6.62. The molecule has 1 aliphatic heterocycles. The third-order valence-electron chi connectivity index (χ3n) is 3.47. The Bertz CT molecular complexity index is 403. The predicted molar refractivity (Wildman–Crippen MR) is 70.2 cm³/mol. The topological polar surface area (TPSA) is 55.6 Å². The molecule has 0 aromatic heterocycles. The third kappa shape index (κ3) is 3.23. The molecule has 18 heavy (non-hydrogen) atoms. The first-order chi connectivity index (χ1) is 8.69. The van der Waals surface area contributed by atoms with E-state index in [1.165, 1.54) is 5.56 Å². The van der Waals surface area contributed by atoms with E-state index in [9.17, 15) is 4.79 Å². The fourth-order valence-corrected chi connectivity index (χ4v) is 2.42. The van der Waals surface area contributed by atoms with Crippen molar-refractivity contribution < 1.29 is 9.53 Å². The fraction of sp³-hybridized carbons (Fsp3) is 0.500. The van der Waals surface area contributed by atoms with E-state index in [0.717, 1.165) is 38.2 Å². The van der Waals surface area contributed by atoms with E-state index in [4.69, 9.17) is 10.5 Å². The zero-order chi connectivity index (χ0) is 13.0. The van der Waals surface area contributed by atoms with Gasteiger partial charge in [0.15, 0.2) is 0 Å². The number of carbonyl (C=O) groups is 1. The third-order valence-corrected chi connectivity index (χ3v) is 3.47. The molecule has 0 bridgehead atoms. The van der Waals surface area contributed by atoms with Crippen molar-refractivity contribution in [3.8, 4) is 5.75 Å². The maximum absolute atomic E-state index is 11.2. The van der Waals surface area contributed by atoms with E-state index in [2.05, 4.69) is 17.0 Å². The average molecular weight is 248 g/mol. The van der Waals surface area contributed by atoms with E-state index >= 15 is 0 Å².